The molecule has 14 heavy (non-hydrogen) atoms. The summed E-state index contributed by atoms with van der Waals surface area (Å²) in [5.41, 5.74) is 0. The summed E-state index contributed by atoms with van der Waals surface area (Å²) in [5, 5.41) is 5.02. The molecule has 0 aromatic rings. The van der Waals surface area contributed by atoms with E-state index in [1.54, 1.807) is 0 Å². The molecule has 1 unspecified atom stereocenters. The molecule has 1 rings (SSSR count). The van der Waals surface area contributed by atoms with Gasteiger partial charge in [0.05, 0.1) is 19.0 Å². The van der Waals surface area contributed by atoms with E-state index in [0.29, 0.717) is 19.3 Å². The summed E-state index contributed by atoms with van der Waals surface area (Å²) in [6.45, 7) is 5.98. The van der Waals surface area contributed by atoms with Crippen molar-refractivity contribution in [2.75, 3.05) is 25.5 Å². The zero-order valence-corrected chi connectivity index (χ0v) is 9.46. The highest BCUT2D eigenvalue weighted by molar-refractivity contribution is 7.89. The molecule has 1 aliphatic rings. The molecule has 2 N–H and O–H groups in total. The van der Waals surface area contributed by atoms with Crippen molar-refractivity contribution in [1.82, 2.24) is 4.90 Å². The van der Waals surface area contributed by atoms with Gasteiger partial charge >= 0.3 is 0 Å². The van der Waals surface area contributed by atoms with Crippen molar-refractivity contribution in [2.45, 2.75) is 25.9 Å². The summed E-state index contributed by atoms with van der Waals surface area (Å²) in [6, 6.07) is 0.226. The van der Waals surface area contributed by atoms with Gasteiger partial charge in [0.15, 0.2) is 0 Å². The van der Waals surface area contributed by atoms with E-state index in [1.165, 1.54) is 0 Å². The Balaban J connectivity index is 2.63. The first-order valence-corrected chi connectivity index (χ1v) is 6.45. The zero-order chi connectivity index (χ0) is 10.8. The molecule has 6 heteroatoms. The summed E-state index contributed by atoms with van der Waals surface area (Å²) < 4.78 is 27.2. The fourth-order valence-corrected chi connectivity index (χ4v) is 2.58. The predicted octanol–water partition coefficient (Wildman–Crippen LogP) is -0.616. The van der Waals surface area contributed by atoms with Gasteiger partial charge < -0.3 is 4.74 Å². The van der Waals surface area contributed by atoms with Gasteiger partial charge in [-0.15, -0.1) is 0 Å². The average Bonchev–Trinajstić information content (AvgIpc) is 2.01. The van der Waals surface area contributed by atoms with Crippen LogP contribution in [0.1, 0.15) is 13.8 Å². The van der Waals surface area contributed by atoms with Crippen molar-refractivity contribution in [3.05, 3.63) is 0 Å². The van der Waals surface area contributed by atoms with Crippen molar-refractivity contribution in [2.24, 2.45) is 5.14 Å². The van der Waals surface area contributed by atoms with Crippen LogP contribution in [0.4, 0.5) is 0 Å². The van der Waals surface area contributed by atoms with Crippen molar-refractivity contribution < 1.29 is 13.2 Å². The first kappa shape index (κ1) is 11.9. The maximum atomic E-state index is 11.0. The maximum absolute atomic E-state index is 11.0. The highest BCUT2D eigenvalue weighted by Crippen LogP contribution is 2.11. The molecule has 1 fully saturated rings. The smallest absolute Gasteiger partial charge is 0.210 e. The van der Waals surface area contributed by atoms with Crippen LogP contribution >= 0.6 is 0 Å². The van der Waals surface area contributed by atoms with Crippen LogP contribution in [0.15, 0.2) is 0 Å². The number of primary sulfonamides is 1. The first-order valence-electron chi connectivity index (χ1n) is 4.74. The molecule has 84 valence electrons. The molecule has 0 spiro atoms. The standard InChI is InChI=1S/C8H18N2O3S/c1-7(2)10-3-4-13-5-8(10)6-14(9,11)12/h7-8H,3-6H2,1-2H3,(H2,9,11,12). The number of rotatable bonds is 3. The second kappa shape index (κ2) is 4.57. The van der Waals surface area contributed by atoms with Gasteiger partial charge in [-0.25, -0.2) is 13.6 Å². The zero-order valence-electron chi connectivity index (χ0n) is 8.64. The van der Waals surface area contributed by atoms with Crippen LogP contribution in [-0.2, 0) is 14.8 Å². The Bertz CT molecular complexity index is 276. The van der Waals surface area contributed by atoms with E-state index in [9.17, 15) is 8.42 Å². The lowest BCUT2D eigenvalue weighted by molar-refractivity contribution is -0.0137. The Kier molecular flexibility index (Phi) is 3.88. The quantitative estimate of drug-likeness (QED) is 0.691. The van der Waals surface area contributed by atoms with Gasteiger partial charge in [-0.05, 0) is 13.8 Å². The van der Waals surface area contributed by atoms with Gasteiger partial charge in [-0.2, -0.15) is 0 Å². The third kappa shape index (κ3) is 3.53. The van der Waals surface area contributed by atoms with Crippen LogP contribution in [0.3, 0.4) is 0 Å². The van der Waals surface area contributed by atoms with E-state index >= 15 is 0 Å². The molecule has 1 atom stereocenters. The summed E-state index contributed by atoms with van der Waals surface area (Å²) in [5.74, 6) is -0.0226. The molecule has 1 aliphatic heterocycles. The van der Waals surface area contributed by atoms with E-state index in [-0.39, 0.29) is 11.8 Å². The number of hydrogen-bond acceptors (Lipinski definition) is 4. The fraction of sp³-hybridized carbons (Fsp3) is 1.00. The summed E-state index contributed by atoms with van der Waals surface area (Å²) in [4.78, 5) is 2.12. The number of hydrogen-bond donors (Lipinski definition) is 1. The lowest BCUT2D eigenvalue weighted by Gasteiger charge is -2.37. The summed E-state index contributed by atoms with van der Waals surface area (Å²) >= 11 is 0. The minimum Gasteiger partial charge on any atom is -0.378 e. The van der Waals surface area contributed by atoms with Crippen LogP contribution in [0, 0.1) is 0 Å². The van der Waals surface area contributed by atoms with Gasteiger partial charge in [-0.1, -0.05) is 0 Å². The van der Waals surface area contributed by atoms with Crippen molar-refractivity contribution in [1.29, 1.82) is 0 Å². The Labute approximate surface area is 85.3 Å². The lowest BCUT2D eigenvalue weighted by atomic mass is 10.2. The van der Waals surface area contributed by atoms with Crippen LogP contribution in [0.25, 0.3) is 0 Å². The molecule has 0 radical (unpaired) electrons. The van der Waals surface area contributed by atoms with E-state index in [0.717, 1.165) is 6.54 Å². The van der Waals surface area contributed by atoms with Crippen LogP contribution in [-0.4, -0.2) is 50.9 Å². The average molecular weight is 222 g/mol. The molecule has 1 saturated heterocycles. The summed E-state index contributed by atoms with van der Waals surface area (Å²) in [7, 11) is -3.41. The van der Waals surface area contributed by atoms with Crippen molar-refractivity contribution in [3.63, 3.8) is 0 Å². The van der Waals surface area contributed by atoms with Gasteiger partial charge in [0, 0.05) is 18.6 Å². The Morgan fingerprint density at radius 2 is 2.21 bits per heavy atom. The van der Waals surface area contributed by atoms with E-state index < -0.39 is 10.0 Å². The Morgan fingerprint density at radius 1 is 1.57 bits per heavy atom. The second-order valence-electron chi connectivity index (χ2n) is 3.89. The van der Waals surface area contributed by atoms with Crippen molar-refractivity contribution >= 4 is 10.0 Å². The molecule has 0 saturated carbocycles. The lowest BCUT2D eigenvalue weighted by Crippen LogP contribution is -2.52. The highest BCUT2D eigenvalue weighted by Gasteiger charge is 2.28. The van der Waals surface area contributed by atoms with Gasteiger partial charge in [0.25, 0.3) is 0 Å². The second-order valence-corrected chi connectivity index (χ2v) is 5.55. The number of ether oxygens (including phenoxy) is 1. The number of nitrogens with zero attached hydrogens (tertiary/aromatic N) is 1. The molecule has 0 bridgehead atoms. The van der Waals surface area contributed by atoms with Crippen LogP contribution in [0.5, 0.6) is 0 Å². The number of nitrogens with two attached hydrogens (primary N) is 1. The monoisotopic (exact) mass is 222 g/mol. The SMILES string of the molecule is CC(C)N1CCOCC1CS(N)(=O)=O. The number of morpholine rings is 1. The van der Waals surface area contributed by atoms with Gasteiger partial charge in [0.1, 0.15) is 0 Å². The first-order chi connectivity index (χ1) is 6.40. The normalized spacial score (nSPS) is 25.6. The molecule has 1 heterocycles. The van der Waals surface area contributed by atoms with Crippen LogP contribution in [0.2, 0.25) is 0 Å². The van der Waals surface area contributed by atoms with E-state index in [4.69, 9.17) is 9.88 Å². The molecular weight excluding hydrogens is 204 g/mol. The van der Waals surface area contributed by atoms with Crippen molar-refractivity contribution in [3.8, 4) is 0 Å². The molecule has 0 aliphatic carbocycles. The molecule has 5 nitrogen and oxygen atoms in total. The van der Waals surface area contributed by atoms with E-state index in [2.05, 4.69) is 4.90 Å². The topological polar surface area (TPSA) is 72.6 Å². The summed E-state index contributed by atoms with van der Waals surface area (Å²) in [6.07, 6.45) is 0. The third-order valence-electron chi connectivity index (χ3n) is 2.36. The predicted molar refractivity (Wildman–Crippen MR) is 54.4 cm³/mol. The van der Waals surface area contributed by atoms with Gasteiger partial charge in [0.2, 0.25) is 10.0 Å². The maximum Gasteiger partial charge on any atom is 0.210 e. The molecule has 0 amide bonds. The number of sulfonamides is 1. The minimum absolute atomic E-state index is 0.0226. The fourth-order valence-electron chi connectivity index (χ4n) is 1.76. The molecular formula is C8H18N2O3S. The largest absolute Gasteiger partial charge is 0.378 e. The Morgan fingerprint density at radius 3 is 2.71 bits per heavy atom. The minimum atomic E-state index is -3.41. The molecule has 0 aromatic heterocycles. The molecule has 0 aromatic carbocycles. The third-order valence-corrected chi connectivity index (χ3v) is 3.21. The van der Waals surface area contributed by atoms with E-state index in [1.807, 2.05) is 13.8 Å². The van der Waals surface area contributed by atoms with Crippen LogP contribution < -0.4 is 5.14 Å². The highest BCUT2D eigenvalue weighted by atomic mass is 32.2. The Hall–Kier alpha value is -0.170. The van der Waals surface area contributed by atoms with Gasteiger partial charge in [-0.3, -0.25) is 4.90 Å².